The summed E-state index contributed by atoms with van der Waals surface area (Å²) in [5, 5.41) is 8.86. The van der Waals surface area contributed by atoms with E-state index in [2.05, 4.69) is 256 Å². The molecule has 0 saturated heterocycles. The van der Waals surface area contributed by atoms with Gasteiger partial charge in [-0.25, -0.2) is 27.1 Å². The van der Waals surface area contributed by atoms with Crippen molar-refractivity contribution in [1.29, 1.82) is 0 Å². The molecule has 0 fully saturated rings. The normalized spacial score (nSPS) is 21.5. The minimum atomic E-state index is -3.07. The van der Waals surface area contributed by atoms with Crippen molar-refractivity contribution in [2.45, 2.75) is 0 Å². The lowest BCUT2D eigenvalue weighted by molar-refractivity contribution is 1.61. The van der Waals surface area contributed by atoms with Gasteiger partial charge in [-0.3, -0.25) is 0 Å². The van der Waals surface area contributed by atoms with Crippen molar-refractivity contribution >= 4 is 85.0 Å². The van der Waals surface area contributed by atoms with E-state index in [1.807, 2.05) is 0 Å². The van der Waals surface area contributed by atoms with Crippen LogP contribution in [0.2, 0.25) is 0 Å². The molecule has 6 nitrogen and oxygen atoms in total. The second-order valence-corrected chi connectivity index (χ2v) is 36.6. The zero-order valence-corrected chi connectivity index (χ0v) is 39.8. The molecule has 2 aliphatic rings. The van der Waals surface area contributed by atoms with Crippen molar-refractivity contribution in [1.82, 2.24) is 0 Å². The maximum absolute atomic E-state index is 6.41. The summed E-state index contributed by atoms with van der Waals surface area (Å²) in [4.78, 5) is 0. The standard InChI is InChI=1S/C50H46N6P6/c1-57(51-59(43-27-11-3-12-28-43,44-29-13-4-14-30-44)55-60(52-57,45-31-15-5-16-32-45)46-33-17-6-18-34-46)58(2)53-61(47-35-19-7-20-36-47,48-37-21-8-22-38-48)56-62(54-58,49-39-23-9-24-40-49)50-41-25-10-26-42-50/h3-42H,1-2H3. The molecule has 0 amide bonds. The van der Waals surface area contributed by atoms with E-state index in [0.29, 0.717) is 0 Å². The van der Waals surface area contributed by atoms with Crippen molar-refractivity contribution in [2.75, 3.05) is 13.3 Å². The van der Waals surface area contributed by atoms with Gasteiger partial charge in [0, 0.05) is 42.4 Å². The molecule has 2 aliphatic heterocycles. The molecular formula is C50H46N6P6. The first-order valence-electron chi connectivity index (χ1n) is 20.6. The molecule has 2 unspecified atom stereocenters. The zero-order chi connectivity index (χ0) is 42.1. The Kier molecular flexibility index (Phi) is 11.1. The summed E-state index contributed by atoms with van der Waals surface area (Å²) in [5.41, 5.74) is 0. The van der Waals surface area contributed by atoms with E-state index in [-0.39, 0.29) is 0 Å². The Hall–Kier alpha value is -4.86. The third-order valence-corrected chi connectivity index (χ3v) is 41.8. The maximum atomic E-state index is 6.41. The van der Waals surface area contributed by atoms with E-state index < -0.39 is 42.6 Å². The number of hydrogen-bond acceptors (Lipinski definition) is 6. The lowest BCUT2D eigenvalue weighted by Gasteiger charge is -2.43. The van der Waals surface area contributed by atoms with Crippen LogP contribution in [0, 0.1) is 0 Å². The van der Waals surface area contributed by atoms with Crippen LogP contribution in [0.15, 0.2) is 270 Å². The van der Waals surface area contributed by atoms with E-state index in [1.54, 1.807) is 0 Å². The molecule has 10 rings (SSSR count). The molecule has 62 heavy (non-hydrogen) atoms. The minimum Gasteiger partial charge on any atom is -0.225 e. The van der Waals surface area contributed by atoms with E-state index >= 15 is 0 Å². The second-order valence-electron chi connectivity index (χ2n) is 15.4. The molecule has 0 saturated carbocycles. The fraction of sp³-hybridized carbons (Fsp3) is 0.0400. The van der Waals surface area contributed by atoms with Crippen LogP contribution in [0.3, 0.4) is 0 Å². The summed E-state index contributed by atoms with van der Waals surface area (Å²) in [6.45, 7) is -1.43. The highest BCUT2D eigenvalue weighted by Gasteiger charge is 2.48. The molecule has 2 atom stereocenters. The first-order chi connectivity index (χ1) is 30.3. The lowest BCUT2D eigenvalue weighted by atomic mass is 10.4. The Balaban J connectivity index is 1.50. The summed E-state index contributed by atoms with van der Waals surface area (Å²) < 4.78 is 38.2. The van der Waals surface area contributed by atoms with E-state index in [0.717, 1.165) is 42.4 Å². The third kappa shape index (κ3) is 6.98. The largest absolute Gasteiger partial charge is 0.225 e. The fourth-order valence-electron chi connectivity index (χ4n) is 8.28. The van der Waals surface area contributed by atoms with E-state index in [1.165, 1.54) is 0 Å². The van der Waals surface area contributed by atoms with Gasteiger partial charge in [-0.1, -0.05) is 243 Å². The van der Waals surface area contributed by atoms with Crippen LogP contribution < -0.4 is 42.4 Å². The SMILES string of the molecule is CP1(P2(C)=NP(c3ccccc3)(c3ccccc3)=NP(c3ccccc3)(c3ccccc3)=N2)=NP(c2ccccc2)(c2ccccc2)=NP(c2ccccc2)(c2ccccc2)=N1. The lowest BCUT2D eigenvalue weighted by Crippen LogP contribution is -2.22. The molecule has 12 heteroatoms. The highest BCUT2D eigenvalue weighted by molar-refractivity contribution is 8.40. The van der Waals surface area contributed by atoms with Gasteiger partial charge in [-0.2, -0.15) is 0 Å². The Bertz CT molecular complexity index is 2680. The quantitative estimate of drug-likeness (QED) is 0.129. The Labute approximate surface area is 366 Å². The average Bonchev–Trinajstić information content (AvgIpc) is 3.35. The molecule has 306 valence electrons. The van der Waals surface area contributed by atoms with Crippen molar-refractivity contribution in [3.8, 4) is 0 Å². The number of hydrogen-bond donors (Lipinski definition) is 0. The van der Waals surface area contributed by atoms with Gasteiger partial charge in [0.1, 0.15) is 42.6 Å². The van der Waals surface area contributed by atoms with Gasteiger partial charge >= 0.3 is 0 Å². The van der Waals surface area contributed by atoms with E-state index in [4.69, 9.17) is 27.1 Å². The Morgan fingerprint density at radius 2 is 0.339 bits per heavy atom. The zero-order valence-electron chi connectivity index (χ0n) is 34.5. The van der Waals surface area contributed by atoms with Crippen molar-refractivity contribution in [2.24, 2.45) is 27.1 Å². The predicted octanol–water partition coefficient (Wildman–Crippen LogP) is 13.5. The van der Waals surface area contributed by atoms with Crippen molar-refractivity contribution < 1.29 is 0 Å². The fourth-order valence-corrected chi connectivity index (χ4v) is 46.5. The van der Waals surface area contributed by atoms with Crippen LogP contribution in [0.5, 0.6) is 0 Å². The Morgan fingerprint density at radius 3 is 0.500 bits per heavy atom. The van der Waals surface area contributed by atoms with Gasteiger partial charge < -0.3 is 0 Å². The van der Waals surface area contributed by atoms with Gasteiger partial charge in [0.2, 0.25) is 0 Å². The molecule has 0 N–H and O–H groups in total. The molecular weight excluding hydrogens is 870 g/mol. The highest BCUT2D eigenvalue weighted by Crippen LogP contribution is 2.96. The van der Waals surface area contributed by atoms with Crippen LogP contribution in [0.4, 0.5) is 0 Å². The summed E-state index contributed by atoms with van der Waals surface area (Å²) in [5.74, 6) is 0. The highest BCUT2D eigenvalue weighted by atomic mass is 32.1. The van der Waals surface area contributed by atoms with Crippen LogP contribution in [0.1, 0.15) is 0 Å². The minimum absolute atomic E-state index is 1.11. The van der Waals surface area contributed by atoms with Gasteiger partial charge in [0.05, 0.1) is 0 Å². The van der Waals surface area contributed by atoms with Crippen LogP contribution in [0.25, 0.3) is 0 Å². The van der Waals surface area contributed by atoms with Crippen LogP contribution >= 0.6 is 42.6 Å². The number of rotatable bonds is 9. The number of nitrogens with zero attached hydrogens (tertiary/aromatic N) is 6. The van der Waals surface area contributed by atoms with Crippen LogP contribution in [-0.4, -0.2) is 13.3 Å². The number of benzene rings is 8. The summed E-state index contributed by atoms with van der Waals surface area (Å²) in [6, 6.07) is 86.5. The summed E-state index contributed by atoms with van der Waals surface area (Å²) in [7, 11) is -12.0. The molecule has 0 spiro atoms. The third-order valence-electron chi connectivity index (χ3n) is 11.4. The summed E-state index contributed by atoms with van der Waals surface area (Å²) in [6.07, 6.45) is 0. The molecule has 0 aliphatic carbocycles. The molecule has 8 aromatic carbocycles. The van der Waals surface area contributed by atoms with Crippen molar-refractivity contribution in [3.05, 3.63) is 243 Å². The van der Waals surface area contributed by atoms with Gasteiger partial charge in [-0.15, -0.1) is 0 Å². The first-order valence-corrected chi connectivity index (χ1v) is 32.3. The predicted molar refractivity (Wildman–Crippen MR) is 277 cm³/mol. The molecule has 0 aromatic heterocycles. The monoisotopic (exact) mass is 916 g/mol. The van der Waals surface area contributed by atoms with Crippen molar-refractivity contribution in [3.63, 3.8) is 0 Å². The van der Waals surface area contributed by atoms with Gasteiger partial charge in [0.15, 0.2) is 0 Å². The van der Waals surface area contributed by atoms with Gasteiger partial charge in [-0.05, 0) is 13.3 Å². The Morgan fingerprint density at radius 1 is 0.194 bits per heavy atom. The topological polar surface area (TPSA) is 74.2 Å². The summed E-state index contributed by atoms with van der Waals surface area (Å²) >= 11 is 0. The first kappa shape index (κ1) is 41.2. The molecule has 2 heterocycles. The maximum Gasteiger partial charge on any atom is 0.138 e. The smallest absolute Gasteiger partial charge is 0.138 e. The molecule has 0 radical (unpaired) electrons. The van der Waals surface area contributed by atoms with Gasteiger partial charge in [0.25, 0.3) is 0 Å². The molecule has 8 aromatic rings. The van der Waals surface area contributed by atoms with E-state index in [9.17, 15) is 0 Å². The van der Waals surface area contributed by atoms with Crippen LogP contribution in [-0.2, 0) is 0 Å². The molecule has 0 bridgehead atoms. The second kappa shape index (κ2) is 16.7. The average molecular weight is 917 g/mol.